The minimum Gasteiger partial charge on any atom is -0.465 e. The monoisotopic (exact) mass is 316 g/mol. The van der Waals surface area contributed by atoms with Crippen molar-refractivity contribution >= 4 is 11.8 Å². The SMILES string of the molecule is CC(CN(C(=O)O)C(C)(C)C)N1CCc2ccc3c(c21)CCC3. The molecular formula is C19H28N2O2. The summed E-state index contributed by atoms with van der Waals surface area (Å²) in [6.07, 6.45) is 3.85. The molecule has 0 spiro atoms. The molecule has 1 unspecified atom stereocenters. The third-order valence-corrected chi connectivity index (χ3v) is 5.26. The number of rotatable bonds is 3. The lowest BCUT2D eigenvalue weighted by Gasteiger charge is -2.38. The van der Waals surface area contributed by atoms with Crippen LogP contribution in [-0.2, 0) is 19.3 Å². The van der Waals surface area contributed by atoms with Crippen molar-refractivity contribution in [2.45, 2.75) is 65.0 Å². The summed E-state index contributed by atoms with van der Waals surface area (Å²) in [6, 6.07) is 4.78. The number of carboxylic acid groups (broad SMARTS) is 1. The first kappa shape index (κ1) is 16.2. The van der Waals surface area contributed by atoms with Crippen LogP contribution in [0.3, 0.4) is 0 Å². The van der Waals surface area contributed by atoms with E-state index in [0.717, 1.165) is 13.0 Å². The zero-order chi connectivity index (χ0) is 16.8. The number of benzene rings is 1. The van der Waals surface area contributed by atoms with E-state index >= 15 is 0 Å². The first-order valence-electron chi connectivity index (χ1n) is 8.70. The Morgan fingerprint density at radius 2 is 1.96 bits per heavy atom. The van der Waals surface area contributed by atoms with Crippen molar-refractivity contribution in [2.75, 3.05) is 18.0 Å². The standard InChI is InChI=1S/C19H28N2O2/c1-13(12-21(18(22)23)19(2,3)4)20-11-10-15-9-8-14-6-5-7-16(14)17(15)20/h8-9,13H,5-7,10-12H2,1-4H3,(H,22,23). The Morgan fingerprint density at radius 1 is 1.26 bits per heavy atom. The number of aryl methyl sites for hydroxylation is 1. The third-order valence-electron chi connectivity index (χ3n) is 5.26. The van der Waals surface area contributed by atoms with Gasteiger partial charge in [0.05, 0.1) is 0 Å². The molecule has 1 aromatic rings. The van der Waals surface area contributed by atoms with E-state index in [-0.39, 0.29) is 11.6 Å². The van der Waals surface area contributed by atoms with Gasteiger partial charge in [0.2, 0.25) is 0 Å². The molecule has 1 amide bonds. The fourth-order valence-corrected chi connectivity index (χ4v) is 4.05. The van der Waals surface area contributed by atoms with Crippen LogP contribution in [0.15, 0.2) is 12.1 Å². The van der Waals surface area contributed by atoms with Crippen LogP contribution in [-0.4, -0.2) is 40.8 Å². The molecule has 0 fully saturated rings. The van der Waals surface area contributed by atoms with Crippen LogP contribution in [0.2, 0.25) is 0 Å². The highest BCUT2D eigenvalue weighted by atomic mass is 16.4. The molecule has 4 heteroatoms. The average molecular weight is 316 g/mol. The second-order valence-electron chi connectivity index (χ2n) is 7.92. The van der Waals surface area contributed by atoms with Gasteiger partial charge in [-0.25, -0.2) is 4.79 Å². The van der Waals surface area contributed by atoms with Crippen LogP contribution >= 0.6 is 0 Å². The Kier molecular flexibility index (Phi) is 4.03. The molecule has 0 saturated carbocycles. The van der Waals surface area contributed by atoms with Gasteiger partial charge < -0.3 is 14.9 Å². The lowest BCUT2D eigenvalue weighted by Crippen LogP contribution is -2.51. The Labute approximate surface area is 139 Å². The smallest absolute Gasteiger partial charge is 0.407 e. The molecule has 0 bridgehead atoms. The van der Waals surface area contributed by atoms with Crippen LogP contribution in [0.25, 0.3) is 0 Å². The van der Waals surface area contributed by atoms with Crippen molar-refractivity contribution < 1.29 is 9.90 Å². The normalized spacial score (nSPS) is 17.8. The highest BCUT2D eigenvalue weighted by Crippen LogP contribution is 2.39. The number of amides is 1. The maximum absolute atomic E-state index is 11.6. The first-order valence-corrected chi connectivity index (χ1v) is 8.70. The predicted octanol–water partition coefficient (Wildman–Crippen LogP) is 3.70. The van der Waals surface area contributed by atoms with Gasteiger partial charge in [-0.2, -0.15) is 0 Å². The van der Waals surface area contributed by atoms with E-state index in [0.29, 0.717) is 6.54 Å². The number of hydrogen-bond donors (Lipinski definition) is 1. The molecule has 3 rings (SSSR count). The molecule has 0 aromatic heterocycles. The second kappa shape index (κ2) is 5.73. The van der Waals surface area contributed by atoms with Crippen molar-refractivity contribution in [3.05, 3.63) is 28.8 Å². The number of fused-ring (bicyclic) bond motifs is 3. The van der Waals surface area contributed by atoms with Crippen molar-refractivity contribution in [2.24, 2.45) is 0 Å². The molecule has 1 atom stereocenters. The van der Waals surface area contributed by atoms with Crippen molar-refractivity contribution in [3.63, 3.8) is 0 Å². The van der Waals surface area contributed by atoms with E-state index in [1.54, 1.807) is 4.90 Å². The summed E-state index contributed by atoms with van der Waals surface area (Å²) in [4.78, 5) is 15.7. The molecule has 1 heterocycles. The summed E-state index contributed by atoms with van der Waals surface area (Å²) in [6.45, 7) is 9.59. The van der Waals surface area contributed by atoms with Gasteiger partial charge in [0, 0.05) is 30.4 Å². The second-order valence-corrected chi connectivity index (χ2v) is 7.92. The average Bonchev–Trinajstić information content (AvgIpc) is 3.07. The van der Waals surface area contributed by atoms with Crippen molar-refractivity contribution in [3.8, 4) is 0 Å². The maximum Gasteiger partial charge on any atom is 0.407 e. The molecule has 1 aliphatic heterocycles. The molecule has 2 aliphatic rings. The maximum atomic E-state index is 11.6. The van der Waals surface area contributed by atoms with Crippen molar-refractivity contribution in [1.82, 2.24) is 4.90 Å². The van der Waals surface area contributed by atoms with E-state index < -0.39 is 6.09 Å². The van der Waals surface area contributed by atoms with Crippen LogP contribution < -0.4 is 4.90 Å². The zero-order valence-corrected chi connectivity index (χ0v) is 14.7. The van der Waals surface area contributed by atoms with E-state index in [4.69, 9.17) is 0 Å². The number of nitrogens with zero attached hydrogens (tertiary/aromatic N) is 2. The number of carbonyl (C=O) groups is 1. The fourth-order valence-electron chi connectivity index (χ4n) is 4.05. The topological polar surface area (TPSA) is 43.8 Å². The number of anilines is 1. The molecule has 0 radical (unpaired) electrons. The molecular weight excluding hydrogens is 288 g/mol. The fraction of sp³-hybridized carbons (Fsp3) is 0.632. The molecule has 126 valence electrons. The molecule has 1 N–H and O–H groups in total. The zero-order valence-electron chi connectivity index (χ0n) is 14.7. The van der Waals surface area contributed by atoms with Crippen LogP contribution in [0.5, 0.6) is 0 Å². The van der Waals surface area contributed by atoms with Crippen LogP contribution in [0.4, 0.5) is 10.5 Å². The molecule has 0 saturated heterocycles. The van der Waals surface area contributed by atoms with Crippen LogP contribution in [0, 0.1) is 0 Å². The van der Waals surface area contributed by atoms with E-state index in [1.807, 2.05) is 20.8 Å². The third kappa shape index (κ3) is 2.91. The Bertz CT molecular complexity index is 619. The minimum atomic E-state index is -0.831. The predicted molar refractivity (Wildman–Crippen MR) is 93.5 cm³/mol. The lowest BCUT2D eigenvalue weighted by molar-refractivity contribution is 0.0966. The number of hydrogen-bond acceptors (Lipinski definition) is 2. The molecule has 4 nitrogen and oxygen atoms in total. The first-order chi connectivity index (χ1) is 10.8. The van der Waals surface area contributed by atoms with Gasteiger partial charge in [-0.1, -0.05) is 12.1 Å². The summed E-state index contributed by atoms with van der Waals surface area (Å²) in [7, 11) is 0. The van der Waals surface area contributed by atoms with Gasteiger partial charge in [-0.05, 0) is 70.1 Å². The largest absolute Gasteiger partial charge is 0.465 e. The van der Waals surface area contributed by atoms with Gasteiger partial charge in [-0.3, -0.25) is 0 Å². The van der Waals surface area contributed by atoms with E-state index in [1.165, 1.54) is 41.6 Å². The van der Waals surface area contributed by atoms with Crippen molar-refractivity contribution in [1.29, 1.82) is 0 Å². The van der Waals surface area contributed by atoms with E-state index in [9.17, 15) is 9.90 Å². The highest BCUT2D eigenvalue weighted by Gasteiger charge is 2.33. The molecule has 1 aromatic carbocycles. The molecule has 23 heavy (non-hydrogen) atoms. The van der Waals surface area contributed by atoms with Gasteiger partial charge >= 0.3 is 6.09 Å². The Morgan fingerprint density at radius 3 is 2.61 bits per heavy atom. The van der Waals surface area contributed by atoms with Gasteiger partial charge in [0.25, 0.3) is 0 Å². The Balaban J connectivity index is 1.85. The highest BCUT2D eigenvalue weighted by molar-refractivity contribution is 5.68. The van der Waals surface area contributed by atoms with E-state index in [2.05, 4.69) is 24.0 Å². The lowest BCUT2D eigenvalue weighted by atomic mass is 10.0. The van der Waals surface area contributed by atoms with Gasteiger partial charge in [0.15, 0.2) is 0 Å². The summed E-state index contributed by atoms with van der Waals surface area (Å²) < 4.78 is 0. The summed E-state index contributed by atoms with van der Waals surface area (Å²) in [5.41, 5.74) is 5.49. The quantitative estimate of drug-likeness (QED) is 0.924. The van der Waals surface area contributed by atoms with Gasteiger partial charge in [-0.15, -0.1) is 0 Å². The summed E-state index contributed by atoms with van der Waals surface area (Å²) >= 11 is 0. The minimum absolute atomic E-state index is 0.193. The Hall–Kier alpha value is -1.71. The van der Waals surface area contributed by atoms with Gasteiger partial charge in [0.1, 0.15) is 0 Å². The van der Waals surface area contributed by atoms with Crippen LogP contribution in [0.1, 0.15) is 50.8 Å². The summed E-state index contributed by atoms with van der Waals surface area (Å²) in [5.74, 6) is 0. The molecule has 1 aliphatic carbocycles. The summed E-state index contributed by atoms with van der Waals surface area (Å²) in [5, 5.41) is 9.56.